The number of anilines is 1. The van der Waals surface area contributed by atoms with Crippen LogP contribution in [0.25, 0.3) is 0 Å². The molecule has 2 N–H and O–H groups in total. The van der Waals surface area contributed by atoms with Gasteiger partial charge in [-0.3, -0.25) is 0 Å². The smallest absolute Gasteiger partial charge is 0.243 e. The van der Waals surface area contributed by atoms with Crippen LogP contribution in [0.3, 0.4) is 0 Å². The molecule has 1 aliphatic rings. The summed E-state index contributed by atoms with van der Waals surface area (Å²) in [6.45, 7) is 0.410. The van der Waals surface area contributed by atoms with E-state index in [1.54, 1.807) is 15.6 Å². The molecule has 7 heteroatoms. The molecule has 0 unspecified atom stereocenters. The summed E-state index contributed by atoms with van der Waals surface area (Å²) in [6, 6.07) is 8.44. The van der Waals surface area contributed by atoms with E-state index in [-0.39, 0.29) is 16.6 Å². The van der Waals surface area contributed by atoms with Crippen LogP contribution in [-0.2, 0) is 16.6 Å². The number of hydrogen-bond donors (Lipinski definition) is 1. The van der Waals surface area contributed by atoms with Crippen LogP contribution in [0.5, 0.6) is 0 Å². The first-order chi connectivity index (χ1) is 9.98. The summed E-state index contributed by atoms with van der Waals surface area (Å²) in [4.78, 5) is 1.24. The van der Waals surface area contributed by atoms with Gasteiger partial charge in [0.25, 0.3) is 0 Å². The van der Waals surface area contributed by atoms with E-state index in [1.807, 2.05) is 17.5 Å². The van der Waals surface area contributed by atoms with Crippen molar-refractivity contribution in [3.05, 3.63) is 45.6 Å². The van der Waals surface area contributed by atoms with E-state index in [4.69, 9.17) is 17.3 Å². The zero-order valence-electron chi connectivity index (χ0n) is 11.2. The Morgan fingerprint density at radius 3 is 2.67 bits per heavy atom. The molecule has 1 aliphatic carbocycles. The van der Waals surface area contributed by atoms with Gasteiger partial charge in [0.2, 0.25) is 10.0 Å². The minimum absolute atomic E-state index is 0.0917. The number of nitrogen functional groups attached to an aromatic ring is 1. The van der Waals surface area contributed by atoms with Gasteiger partial charge in [0.15, 0.2) is 0 Å². The van der Waals surface area contributed by atoms with E-state index >= 15 is 0 Å². The predicted molar refractivity (Wildman–Crippen MR) is 85.9 cm³/mol. The van der Waals surface area contributed by atoms with Crippen molar-refractivity contribution in [3.8, 4) is 0 Å². The number of nitrogens with two attached hydrogens (primary N) is 1. The Morgan fingerprint density at radius 1 is 1.33 bits per heavy atom. The Balaban J connectivity index is 1.95. The van der Waals surface area contributed by atoms with E-state index < -0.39 is 10.0 Å². The van der Waals surface area contributed by atoms with Gasteiger partial charge >= 0.3 is 0 Å². The van der Waals surface area contributed by atoms with Crippen molar-refractivity contribution in [3.63, 3.8) is 0 Å². The SMILES string of the molecule is Nc1cc(S(=O)(=O)N(Cc2cccs2)C2CC2)ccc1Cl. The van der Waals surface area contributed by atoms with Gasteiger partial charge in [-0.2, -0.15) is 4.31 Å². The minimum Gasteiger partial charge on any atom is -0.397 e. The third-order valence-electron chi connectivity index (χ3n) is 3.42. The molecule has 1 heterocycles. The molecule has 1 saturated carbocycles. The lowest BCUT2D eigenvalue weighted by atomic mass is 10.3. The van der Waals surface area contributed by atoms with Crippen LogP contribution in [-0.4, -0.2) is 18.8 Å². The lowest BCUT2D eigenvalue weighted by Crippen LogP contribution is -2.32. The van der Waals surface area contributed by atoms with Crippen LogP contribution < -0.4 is 5.73 Å². The third kappa shape index (κ3) is 3.08. The zero-order chi connectivity index (χ0) is 15.0. The largest absolute Gasteiger partial charge is 0.397 e. The second-order valence-corrected chi connectivity index (χ2v) is 8.37. The van der Waals surface area contributed by atoms with E-state index in [9.17, 15) is 8.42 Å². The van der Waals surface area contributed by atoms with Gasteiger partial charge in [0.1, 0.15) is 0 Å². The lowest BCUT2D eigenvalue weighted by Gasteiger charge is -2.21. The molecule has 1 aromatic carbocycles. The van der Waals surface area contributed by atoms with Gasteiger partial charge in [-0.15, -0.1) is 11.3 Å². The molecule has 0 spiro atoms. The van der Waals surface area contributed by atoms with Crippen molar-refractivity contribution in [2.45, 2.75) is 30.3 Å². The first-order valence-electron chi connectivity index (χ1n) is 6.58. The third-order valence-corrected chi connectivity index (χ3v) is 6.52. The van der Waals surface area contributed by atoms with Crippen molar-refractivity contribution in [1.29, 1.82) is 0 Å². The van der Waals surface area contributed by atoms with Crippen molar-refractivity contribution < 1.29 is 8.42 Å². The van der Waals surface area contributed by atoms with Gasteiger partial charge in [-0.25, -0.2) is 8.42 Å². The number of hydrogen-bond acceptors (Lipinski definition) is 4. The molecule has 0 bridgehead atoms. The summed E-state index contributed by atoms with van der Waals surface area (Å²) in [5, 5.41) is 2.32. The average molecular weight is 343 g/mol. The molecule has 2 aromatic rings. The molecule has 3 rings (SSSR count). The number of halogens is 1. The molecular weight excluding hydrogens is 328 g/mol. The highest BCUT2D eigenvalue weighted by Crippen LogP contribution is 2.35. The van der Waals surface area contributed by atoms with Crippen molar-refractivity contribution in [1.82, 2.24) is 4.31 Å². The summed E-state index contributed by atoms with van der Waals surface area (Å²) >= 11 is 7.43. The quantitative estimate of drug-likeness (QED) is 0.847. The Hall–Kier alpha value is -1.08. The molecule has 0 atom stereocenters. The molecular formula is C14H15ClN2O2S2. The fourth-order valence-electron chi connectivity index (χ4n) is 2.15. The molecule has 1 aromatic heterocycles. The molecule has 0 radical (unpaired) electrons. The van der Waals surface area contributed by atoms with E-state index in [1.165, 1.54) is 18.2 Å². The summed E-state index contributed by atoms with van der Waals surface area (Å²) in [5.41, 5.74) is 6.01. The van der Waals surface area contributed by atoms with Gasteiger partial charge < -0.3 is 5.73 Å². The van der Waals surface area contributed by atoms with Crippen LogP contribution >= 0.6 is 22.9 Å². The fourth-order valence-corrected chi connectivity index (χ4v) is 4.75. The Kier molecular flexibility index (Phi) is 3.96. The number of sulfonamides is 1. The first-order valence-corrected chi connectivity index (χ1v) is 9.27. The number of thiophene rings is 1. The average Bonchev–Trinajstić information content (AvgIpc) is 3.15. The van der Waals surface area contributed by atoms with Gasteiger partial charge in [0.05, 0.1) is 15.6 Å². The second-order valence-electron chi connectivity index (χ2n) is 5.04. The molecule has 0 aliphatic heterocycles. The Bertz CT molecular complexity index is 740. The molecule has 0 amide bonds. The summed E-state index contributed by atoms with van der Waals surface area (Å²) in [6.07, 6.45) is 1.82. The van der Waals surface area contributed by atoms with Gasteiger partial charge in [0, 0.05) is 17.5 Å². The highest BCUT2D eigenvalue weighted by Gasteiger charge is 2.38. The van der Waals surface area contributed by atoms with Crippen molar-refractivity contribution in [2.75, 3.05) is 5.73 Å². The summed E-state index contributed by atoms with van der Waals surface area (Å²) in [7, 11) is -3.55. The van der Waals surface area contributed by atoms with Crippen LogP contribution in [0.4, 0.5) is 5.69 Å². The molecule has 21 heavy (non-hydrogen) atoms. The normalized spacial score (nSPS) is 15.5. The Labute approximate surface area is 133 Å². The molecule has 4 nitrogen and oxygen atoms in total. The van der Waals surface area contributed by atoms with E-state index in [2.05, 4.69) is 0 Å². The van der Waals surface area contributed by atoms with Crippen molar-refractivity contribution in [2.24, 2.45) is 0 Å². The standard InChI is InChI=1S/C14H15ClN2O2S2/c15-13-6-5-12(8-14(13)16)21(18,19)17(10-3-4-10)9-11-2-1-7-20-11/h1-2,5-8,10H,3-4,9,16H2. The highest BCUT2D eigenvalue weighted by molar-refractivity contribution is 7.89. The van der Waals surface area contributed by atoms with Crippen LogP contribution in [0, 0.1) is 0 Å². The Morgan fingerprint density at radius 2 is 2.10 bits per heavy atom. The maximum atomic E-state index is 12.8. The lowest BCUT2D eigenvalue weighted by molar-refractivity contribution is 0.401. The van der Waals surface area contributed by atoms with Gasteiger partial charge in [-0.1, -0.05) is 17.7 Å². The first kappa shape index (κ1) is 14.8. The minimum atomic E-state index is -3.55. The number of nitrogens with zero attached hydrogens (tertiary/aromatic N) is 1. The van der Waals surface area contributed by atoms with Crippen LogP contribution in [0.1, 0.15) is 17.7 Å². The zero-order valence-corrected chi connectivity index (χ0v) is 13.6. The highest BCUT2D eigenvalue weighted by atomic mass is 35.5. The maximum Gasteiger partial charge on any atom is 0.243 e. The van der Waals surface area contributed by atoms with E-state index in [0.29, 0.717) is 11.6 Å². The van der Waals surface area contributed by atoms with Crippen LogP contribution in [0.2, 0.25) is 5.02 Å². The predicted octanol–water partition coefficient (Wildman–Crippen LogP) is 3.34. The molecule has 1 fully saturated rings. The topological polar surface area (TPSA) is 63.4 Å². The fraction of sp³-hybridized carbons (Fsp3) is 0.286. The van der Waals surface area contributed by atoms with Gasteiger partial charge in [-0.05, 0) is 42.5 Å². The number of benzene rings is 1. The summed E-state index contributed by atoms with van der Waals surface area (Å²) in [5.74, 6) is 0. The number of rotatable bonds is 5. The molecule has 0 saturated heterocycles. The van der Waals surface area contributed by atoms with Crippen LogP contribution in [0.15, 0.2) is 40.6 Å². The summed E-state index contributed by atoms with van der Waals surface area (Å²) < 4.78 is 27.2. The second kappa shape index (κ2) is 5.61. The monoisotopic (exact) mass is 342 g/mol. The van der Waals surface area contributed by atoms with Crippen molar-refractivity contribution >= 4 is 38.6 Å². The van der Waals surface area contributed by atoms with E-state index in [0.717, 1.165) is 17.7 Å². The maximum absolute atomic E-state index is 12.8. The molecule has 112 valence electrons.